The van der Waals surface area contributed by atoms with Crippen LogP contribution in [0.15, 0.2) is 23.4 Å². The van der Waals surface area contributed by atoms with E-state index in [2.05, 4.69) is 4.98 Å². The number of carbonyl (C=O) groups is 2. The highest BCUT2D eigenvalue weighted by atomic mass is 32.2. The fourth-order valence-corrected chi connectivity index (χ4v) is 3.01. The third kappa shape index (κ3) is 4.85. The molecule has 1 aliphatic rings. The number of carbonyl (C=O) groups excluding carboxylic acids is 1. The third-order valence-corrected chi connectivity index (χ3v) is 4.46. The average molecular weight is 348 g/mol. The van der Waals surface area contributed by atoms with Gasteiger partial charge in [0.1, 0.15) is 0 Å². The first kappa shape index (κ1) is 17.6. The molecule has 126 valence electrons. The topological polar surface area (TPSA) is 70.5 Å². The Kier molecular flexibility index (Phi) is 5.51. The number of hydrogen-bond acceptors (Lipinski definition) is 4. The van der Waals surface area contributed by atoms with Crippen LogP contribution in [0.2, 0.25) is 0 Å². The zero-order chi connectivity index (χ0) is 17.0. The summed E-state index contributed by atoms with van der Waals surface area (Å²) in [7, 11) is 0. The second-order valence-corrected chi connectivity index (χ2v) is 6.18. The predicted molar refractivity (Wildman–Crippen MR) is 76.9 cm³/mol. The zero-order valence-electron chi connectivity index (χ0n) is 12.0. The Morgan fingerprint density at radius 3 is 2.70 bits per heavy atom. The molecule has 2 heterocycles. The molecule has 0 aliphatic carbocycles. The van der Waals surface area contributed by atoms with Crippen molar-refractivity contribution >= 4 is 23.6 Å². The highest BCUT2D eigenvalue weighted by molar-refractivity contribution is 7.99. The van der Waals surface area contributed by atoms with Crippen LogP contribution in [0, 0.1) is 5.92 Å². The summed E-state index contributed by atoms with van der Waals surface area (Å²) in [4.78, 5) is 28.2. The van der Waals surface area contributed by atoms with Crippen LogP contribution in [0.3, 0.4) is 0 Å². The highest BCUT2D eigenvalue weighted by Crippen LogP contribution is 2.29. The van der Waals surface area contributed by atoms with Crippen molar-refractivity contribution in [3.63, 3.8) is 0 Å². The molecule has 1 aliphatic heterocycles. The predicted octanol–water partition coefficient (Wildman–Crippen LogP) is 2.52. The summed E-state index contributed by atoms with van der Waals surface area (Å²) in [6.45, 7) is 0.679. The van der Waals surface area contributed by atoms with Crippen molar-refractivity contribution in [2.75, 3.05) is 18.8 Å². The Labute approximate surface area is 134 Å². The van der Waals surface area contributed by atoms with Crippen molar-refractivity contribution in [2.45, 2.75) is 24.0 Å². The molecule has 1 fully saturated rings. The van der Waals surface area contributed by atoms with Gasteiger partial charge in [0.2, 0.25) is 5.91 Å². The van der Waals surface area contributed by atoms with Crippen LogP contribution in [-0.2, 0) is 15.8 Å². The first-order chi connectivity index (χ1) is 10.8. The van der Waals surface area contributed by atoms with Crippen LogP contribution >= 0.6 is 11.8 Å². The number of carboxylic acids is 1. The minimum absolute atomic E-state index is 0.0186. The van der Waals surface area contributed by atoms with E-state index in [1.165, 1.54) is 11.0 Å². The van der Waals surface area contributed by atoms with Crippen LogP contribution in [0.5, 0.6) is 0 Å². The number of thioether (sulfide) groups is 1. The van der Waals surface area contributed by atoms with E-state index < -0.39 is 23.6 Å². The van der Waals surface area contributed by atoms with Crippen molar-refractivity contribution < 1.29 is 27.9 Å². The smallest absolute Gasteiger partial charge is 0.417 e. The molecule has 0 aromatic carbocycles. The molecule has 1 saturated heterocycles. The molecule has 2 rings (SSSR count). The fraction of sp³-hybridized carbons (Fsp3) is 0.500. The lowest BCUT2D eigenvalue weighted by atomic mass is 9.98. The van der Waals surface area contributed by atoms with Gasteiger partial charge in [-0.15, -0.1) is 0 Å². The largest absolute Gasteiger partial charge is 0.481 e. The lowest BCUT2D eigenvalue weighted by Crippen LogP contribution is -2.43. The van der Waals surface area contributed by atoms with Crippen LogP contribution < -0.4 is 0 Å². The van der Waals surface area contributed by atoms with E-state index in [9.17, 15) is 22.8 Å². The number of nitrogens with zero attached hydrogens (tertiary/aromatic N) is 2. The number of alkyl halides is 3. The number of likely N-dealkylation sites (tertiary alicyclic amines) is 1. The summed E-state index contributed by atoms with van der Waals surface area (Å²) in [5, 5.41) is 9.31. The van der Waals surface area contributed by atoms with Crippen LogP contribution in [0.4, 0.5) is 13.2 Å². The summed E-state index contributed by atoms with van der Waals surface area (Å²) in [6, 6.07) is 2.14. The fourth-order valence-electron chi connectivity index (χ4n) is 2.27. The molecule has 1 aromatic rings. The molecule has 1 N–H and O–H groups in total. The second-order valence-electron chi connectivity index (χ2n) is 5.19. The van der Waals surface area contributed by atoms with Crippen molar-refractivity contribution in [3.05, 3.63) is 23.9 Å². The van der Waals surface area contributed by atoms with Crippen molar-refractivity contribution in [2.24, 2.45) is 5.92 Å². The number of amides is 1. The lowest BCUT2D eigenvalue weighted by molar-refractivity contribution is -0.145. The minimum atomic E-state index is -4.44. The summed E-state index contributed by atoms with van der Waals surface area (Å²) >= 11 is 1.03. The number of rotatable bonds is 4. The van der Waals surface area contributed by atoms with Crippen molar-refractivity contribution in [3.8, 4) is 0 Å². The molecule has 1 atom stereocenters. The van der Waals surface area contributed by atoms with E-state index in [-0.39, 0.29) is 18.2 Å². The van der Waals surface area contributed by atoms with E-state index in [4.69, 9.17) is 5.11 Å². The van der Waals surface area contributed by atoms with Crippen molar-refractivity contribution in [1.82, 2.24) is 9.88 Å². The molecular weight excluding hydrogens is 333 g/mol. The maximum absolute atomic E-state index is 12.4. The first-order valence-corrected chi connectivity index (χ1v) is 7.92. The SMILES string of the molecule is O=C(O)C1CCCN(C(=O)CSc2ccc(C(F)(F)F)cn2)C1. The summed E-state index contributed by atoms with van der Waals surface area (Å²) < 4.78 is 37.3. The number of piperidine rings is 1. The molecule has 5 nitrogen and oxygen atoms in total. The summed E-state index contributed by atoms with van der Waals surface area (Å²) in [5.41, 5.74) is -0.839. The molecule has 0 bridgehead atoms. The van der Waals surface area contributed by atoms with Crippen LogP contribution in [-0.4, -0.2) is 45.7 Å². The molecule has 0 radical (unpaired) electrons. The molecule has 23 heavy (non-hydrogen) atoms. The van der Waals surface area contributed by atoms with Gasteiger partial charge >= 0.3 is 12.1 Å². The van der Waals surface area contributed by atoms with Gasteiger partial charge in [-0.3, -0.25) is 9.59 Å². The Balaban J connectivity index is 1.88. The summed E-state index contributed by atoms with van der Waals surface area (Å²) in [6.07, 6.45) is -2.53. The quantitative estimate of drug-likeness (QED) is 0.847. The number of aliphatic carboxylic acids is 1. The van der Waals surface area contributed by atoms with Gasteiger partial charge in [0.25, 0.3) is 0 Å². The third-order valence-electron chi connectivity index (χ3n) is 3.53. The Morgan fingerprint density at radius 2 is 2.13 bits per heavy atom. The van der Waals surface area contributed by atoms with Gasteiger partial charge in [-0.05, 0) is 25.0 Å². The van der Waals surface area contributed by atoms with Gasteiger partial charge < -0.3 is 10.0 Å². The van der Waals surface area contributed by atoms with E-state index >= 15 is 0 Å². The molecule has 1 aromatic heterocycles. The van der Waals surface area contributed by atoms with E-state index in [1.807, 2.05) is 0 Å². The van der Waals surface area contributed by atoms with E-state index in [1.54, 1.807) is 0 Å². The van der Waals surface area contributed by atoms with Crippen molar-refractivity contribution in [1.29, 1.82) is 0 Å². The maximum Gasteiger partial charge on any atom is 0.417 e. The number of hydrogen-bond donors (Lipinski definition) is 1. The number of aromatic nitrogens is 1. The molecule has 1 amide bonds. The molecule has 0 saturated carbocycles. The van der Waals surface area contributed by atoms with E-state index in [0.29, 0.717) is 24.4 Å². The Bertz CT molecular complexity index is 578. The number of halogens is 3. The van der Waals surface area contributed by atoms with Crippen LogP contribution in [0.25, 0.3) is 0 Å². The Hall–Kier alpha value is -1.77. The highest BCUT2D eigenvalue weighted by Gasteiger charge is 2.31. The first-order valence-electron chi connectivity index (χ1n) is 6.94. The number of pyridine rings is 1. The molecule has 0 spiro atoms. The summed E-state index contributed by atoms with van der Waals surface area (Å²) in [5.74, 6) is -1.69. The monoisotopic (exact) mass is 348 g/mol. The second kappa shape index (κ2) is 7.20. The maximum atomic E-state index is 12.4. The number of carboxylic acid groups (broad SMARTS) is 1. The van der Waals surface area contributed by atoms with Gasteiger partial charge in [-0.2, -0.15) is 13.2 Å². The Morgan fingerprint density at radius 1 is 1.39 bits per heavy atom. The van der Waals surface area contributed by atoms with Gasteiger partial charge in [0, 0.05) is 19.3 Å². The van der Waals surface area contributed by atoms with Gasteiger partial charge in [0.15, 0.2) is 0 Å². The molecule has 9 heteroatoms. The molecular formula is C14H15F3N2O3S. The zero-order valence-corrected chi connectivity index (χ0v) is 12.9. The van der Waals surface area contributed by atoms with Gasteiger partial charge in [0.05, 0.1) is 22.3 Å². The van der Waals surface area contributed by atoms with E-state index in [0.717, 1.165) is 24.0 Å². The normalized spacial score (nSPS) is 18.7. The average Bonchev–Trinajstić information content (AvgIpc) is 2.52. The minimum Gasteiger partial charge on any atom is -0.481 e. The lowest BCUT2D eigenvalue weighted by Gasteiger charge is -2.30. The van der Waals surface area contributed by atoms with Gasteiger partial charge in [-0.25, -0.2) is 4.98 Å². The van der Waals surface area contributed by atoms with Gasteiger partial charge in [-0.1, -0.05) is 11.8 Å². The standard InChI is InChI=1S/C14H15F3N2O3S/c15-14(16,17)10-3-4-11(18-6-10)23-8-12(20)19-5-1-2-9(7-19)13(21)22/h3-4,6,9H,1-2,5,7-8H2,(H,21,22). The molecule has 1 unspecified atom stereocenters. The van der Waals surface area contributed by atoms with Crippen LogP contribution in [0.1, 0.15) is 18.4 Å².